The molecule has 2 rings (SSSR count). The van der Waals surface area contributed by atoms with Crippen molar-refractivity contribution in [1.29, 1.82) is 0 Å². The highest BCUT2D eigenvalue weighted by atomic mass is 16.1. The Morgan fingerprint density at radius 3 is 2.09 bits per heavy atom. The van der Waals surface area contributed by atoms with Crippen LogP contribution in [0.25, 0.3) is 0 Å². The topological polar surface area (TPSA) is 32.3 Å². The van der Waals surface area contributed by atoms with Crippen LogP contribution >= 0.6 is 0 Å². The summed E-state index contributed by atoms with van der Waals surface area (Å²) in [6, 6.07) is 18.3. The molecule has 22 heavy (non-hydrogen) atoms. The van der Waals surface area contributed by atoms with E-state index in [9.17, 15) is 4.79 Å². The van der Waals surface area contributed by atoms with Gasteiger partial charge in [-0.1, -0.05) is 30.3 Å². The molecule has 0 unspecified atom stereocenters. The Morgan fingerprint density at radius 1 is 0.909 bits per heavy atom. The molecule has 0 saturated carbocycles. The average molecular weight is 296 g/mol. The van der Waals surface area contributed by atoms with Crippen molar-refractivity contribution >= 4 is 17.3 Å². The molecule has 0 heterocycles. The summed E-state index contributed by atoms with van der Waals surface area (Å²) < 4.78 is 0. The Hall–Kier alpha value is -2.29. The zero-order chi connectivity index (χ0) is 16.1. The van der Waals surface area contributed by atoms with Gasteiger partial charge in [-0.05, 0) is 52.0 Å². The van der Waals surface area contributed by atoms with Crippen LogP contribution in [-0.4, -0.2) is 18.0 Å². The summed E-state index contributed by atoms with van der Waals surface area (Å²) in [5, 5.41) is 2.98. The van der Waals surface area contributed by atoms with Crippen molar-refractivity contribution in [3.63, 3.8) is 0 Å². The molecule has 1 N–H and O–H groups in total. The van der Waals surface area contributed by atoms with E-state index in [1.165, 1.54) is 0 Å². The van der Waals surface area contributed by atoms with Crippen LogP contribution in [0.2, 0.25) is 0 Å². The van der Waals surface area contributed by atoms with E-state index >= 15 is 0 Å². The molecule has 3 nitrogen and oxygen atoms in total. The van der Waals surface area contributed by atoms with E-state index < -0.39 is 0 Å². The lowest BCUT2D eigenvalue weighted by Crippen LogP contribution is -2.33. The molecule has 116 valence electrons. The minimum Gasteiger partial charge on any atom is -0.350 e. The van der Waals surface area contributed by atoms with Crippen LogP contribution in [0.1, 0.15) is 38.1 Å². The fraction of sp³-hybridized carbons (Fsp3) is 0.316. The SMILES string of the molecule is CC(C)NC(=O)c1ccccc1N(c1ccccc1)C(C)C. The van der Waals surface area contributed by atoms with Crippen LogP contribution in [0.4, 0.5) is 11.4 Å². The predicted molar refractivity (Wildman–Crippen MR) is 92.8 cm³/mol. The van der Waals surface area contributed by atoms with E-state index in [-0.39, 0.29) is 18.0 Å². The van der Waals surface area contributed by atoms with Gasteiger partial charge in [0.25, 0.3) is 5.91 Å². The highest BCUT2D eigenvalue weighted by Gasteiger charge is 2.20. The summed E-state index contributed by atoms with van der Waals surface area (Å²) in [6.07, 6.45) is 0. The van der Waals surface area contributed by atoms with Gasteiger partial charge in [-0.2, -0.15) is 0 Å². The number of nitrogens with zero attached hydrogens (tertiary/aromatic N) is 1. The number of rotatable bonds is 5. The van der Waals surface area contributed by atoms with Gasteiger partial charge < -0.3 is 10.2 Å². The van der Waals surface area contributed by atoms with E-state index in [1.54, 1.807) is 0 Å². The number of benzene rings is 2. The van der Waals surface area contributed by atoms with Gasteiger partial charge in [0.2, 0.25) is 0 Å². The zero-order valence-corrected chi connectivity index (χ0v) is 13.7. The van der Waals surface area contributed by atoms with Gasteiger partial charge in [0.05, 0.1) is 11.3 Å². The quantitative estimate of drug-likeness (QED) is 0.888. The number of hydrogen-bond donors (Lipinski definition) is 1. The van der Waals surface area contributed by atoms with Crippen LogP contribution < -0.4 is 10.2 Å². The second-order valence-corrected chi connectivity index (χ2v) is 5.94. The molecule has 0 aliphatic heterocycles. The van der Waals surface area contributed by atoms with E-state index in [0.29, 0.717) is 5.56 Å². The normalized spacial score (nSPS) is 10.8. The third-order valence-corrected chi connectivity index (χ3v) is 3.38. The van der Waals surface area contributed by atoms with Gasteiger partial charge in [-0.25, -0.2) is 0 Å². The second-order valence-electron chi connectivity index (χ2n) is 5.94. The first-order valence-electron chi connectivity index (χ1n) is 7.75. The summed E-state index contributed by atoms with van der Waals surface area (Å²) in [5.74, 6) is -0.0350. The number of hydrogen-bond acceptors (Lipinski definition) is 2. The summed E-state index contributed by atoms with van der Waals surface area (Å²) in [5.41, 5.74) is 2.72. The Bertz CT molecular complexity index is 620. The lowest BCUT2D eigenvalue weighted by molar-refractivity contribution is 0.0943. The number of anilines is 2. The van der Waals surface area contributed by atoms with Crippen molar-refractivity contribution in [2.24, 2.45) is 0 Å². The fourth-order valence-electron chi connectivity index (χ4n) is 2.52. The molecule has 0 radical (unpaired) electrons. The molecule has 0 saturated heterocycles. The van der Waals surface area contributed by atoms with E-state index in [1.807, 2.05) is 56.3 Å². The molecule has 3 heteroatoms. The Kier molecular flexibility index (Phi) is 5.21. The van der Waals surface area contributed by atoms with E-state index in [2.05, 4.69) is 36.2 Å². The first-order valence-corrected chi connectivity index (χ1v) is 7.75. The molecular formula is C19H24N2O. The molecule has 1 amide bonds. The Balaban J connectivity index is 2.47. The van der Waals surface area contributed by atoms with Crippen LogP contribution in [0, 0.1) is 0 Å². The number of amides is 1. The molecule has 0 spiro atoms. The number of nitrogens with one attached hydrogen (secondary N) is 1. The van der Waals surface area contributed by atoms with Crippen molar-refractivity contribution in [3.05, 3.63) is 60.2 Å². The van der Waals surface area contributed by atoms with Gasteiger partial charge >= 0.3 is 0 Å². The third kappa shape index (κ3) is 3.67. The minimum atomic E-state index is -0.0350. The monoisotopic (exact) mass is 296 g/mol. The second kappa shape index (κ2) is 7.12. The van der Waals surface area contributed by atoms with Gasteiger partial charge in [0.15, 0.2) is 0 Å². The van der Waals surface area contributed by atoms with Crippen molar-refractivity contribution in [3.8, 4) is 0 Å². The summed E-state index contributed by atoms with van der Waals surface area (Å²) >= 11 is 0. The van der Waals surface area contributed by atoms with Crippen molar-refractivity contribution in [2.75, 3.05) is 4.90 Å². The highest BCUT2D eigenvalue weighted by Crippen LogP contribution is 2.30. The van der Waals surface area contributed by atoms with Crippen LogP contribution in [0.3, 0.4) is 0 Å². The van der Waals surface area contributed by atoms with E-state index in [4.69, 9.17) is 0 Å². The molecule has 2 aromatic carbocycles. The largest absolute Gasteiger partial charge is 0.350 e. The van der Waals surface area contributed by atoms with Crippen molar-refractivity contribution in [1.82, 2.24) is 5.32 Å². The van der Waals surface area contributed by atoms with Crippen LogP contribution in [-0.2, 0) is 0 Å². The molecule has 0 aliphatic rings. The van der Waals surface area contributed by atoms with Gasteiger partial charge in [-0.3, -0.25) is 4.79 Å². The molecular weight excluding hydrogens is 272 g/mol. The van der Waals surface area contributed by atoms with Gasteiger partial charge in [0.1, 0.15) is 0 Å². The van der Waals surface area contributed by atoms with Crippen molar-refractivity contribution in [2.45, 2.75) is 39.8 Å². The average Bonchev–Trinajstić information content (AvgIpc) is 2.48. The maximum atomic E-state index is 12.5. The number of para-hydroxylation sites is 2. The Labute approximate surface area is 133 Å². The van der Waals surface area contributed by atoms with Gasteiger partial charge in [-0.15, -0.1) is 0 Å². The van der Waals surface area contributed by atoms with Crippen molar-refractivity contribution < 1.29 is 4.79 Å². The Morgan fingerprint density at radius 2 is 1.50 bits per heavy atom. The maximum absolute atomic E-state index is 12.5. The molecule has 0 aliphatic carbocycles. The standard InChI is InChI=1S/C19H24N2O/c1-14(2)20-19(22)17-12-8-9-13-18(17)21(15(3)4)16-10-6-5-7-11-16/h5-15H,1-4H3,(H,20,22). The highest BCUT2D eigenvalue weighted by molar-refractivity contribution is 6.00. The number of carbonyl (C=O) groups excluding carboxylic acids is 1. The predicted octanol–water partition coefficient (Wildman–Crippen LogP) is 4.37. The maximum Gasteiger partial charge on any atom is 0.253 e. The lowest BCUT2D eigenvalue weighted by Gasteiger charge is -2.31. The first kappa shape index (κ1) is 16.1. The summed E-state index contributed by atoms with van der Waals surface area (Å²) in [6.45, 7) is 8.20. The summed E-state index contributed by atoms with van der Waals surface area (Å²) in [4.78, 5) is 14.7. The summed E-state index contributed by atoms with van der Waals surface area (Å²) in [7, 11) is 0. The number of carbonyl (C=O) groups is 1. The molecule has 0 atom stereocenters. The zero-order valence-electron chi connectivity index (χ0n) is 13.7. The van der Waals surface area contributed by atoms with Gasteiger partial charge in [0, 0.05) is 17.8 Å². The molecule has 0 bridgehead atoms. The fourth-order valence-corrected chi connectivity index (χ4v) is 2.52. The molecule has 0 aromatic heterocycles. The molecule has 2 aromatic rings. The van der Waals surface area contributed by atoms with Crippen LogP contribution in [0.5, 0.6) is 0 Å². The third-order valence-electron chi connectivity index (χ3n) is 3.38. The smallest absolute Gasteiger partial charge is 0.253 e. The minimum absolute atomic E-state index is 0.0350. The molecule has 0 fully saturated rings. The van der Waals surface area contributed by atoms with E-state index in [0.717, 1.165) is 11.4 Å². The first-order chi connectivity index (χ1) is 10.5. The lowest BCUT2D eigenvalue weighted by atomic mass is 10.1. The van der Waals surface area contributed by atoms with Crippen LogP contribution in [0.15, 0.2) is 54.6 Å².